The minimum atomic E-state index is -0.892. The van der Waals surface area contributed by atoms with Gasteiger partial charge in [0.2, 0.25) is 0 Å². The lowest BCUT2D eigenvalue weighted by Gasteiger charge is -2.65. The smallest absolute Gasteiger partial charge is 0.252 e. The highest BCUT2D eigenvalue weighted by molar-refractivity contribution is 5.96. The van der Waals surface area contributed by atoms with E-state index in [1.165, 1.54) is 12.8 Å². The number of benzene rings is 1. The average Bonchev–Trinajstić information content (AvgIpc) is 3.43. The number of amides is 1. The molecule has 150 valence electrons. The number of nitrogens with two attached hydrogens (primary N) is 1. The number of quaternary nitrogens is 1. The number of likely N-dealkylation sites (tertiary alicyclic amines) is 1. The third-order valence-corrected chi connectivity index (χ3v) is 8.39. The molecule has 5 heteroatoms. The van der Waals surface area contributed by atoms with Gasteiger partial charge in [-0.05, 0) is 43.7 Å². The van der Waals surface area contributed by atoms with Crippen LogP contribution >= 0.6 is 0 Å². The van der Waals surface area contributed by atoms with Crippen LogP contribution in [0.4, 0.5) is 0 Å². The van der Waals surface area contributed by atoms with Crippen molar-refractivity contribution in [3.8, 4) is 5.75 Å². The van der Waals surface area contributed by atoms with E-state index in [0.29, 0.717) is 12.8 Å². The summed E-state index contributed by atoms with van der Waals surface area (Å²) in [7, 11) is 2.32. The summed E-state index contributed by atoms with van der Waals surface area (Å²) in [5.74, 6) is 0.142. The molecule has 4 N–H and O–H groups in total. The summed E-state index contributed by atoms with van der Waals surface area (Å²) in [6.07, 6.45) is 6.31. The molecule has 1 heterocycles. The molecule has 4 atom stereocenters. The number of piperidine rings is 1. The number of phenols is 1. The van der Waals surface area contributed by atoms with Gasteiger partial charge in [-0.25, -0.2) is 0 Å². The summed E-state index contributed by atoms with van der Waals surface area (Å²) in [6, 6.07) is 3.71. The van der Waals surface area contributed by atoms with Gasteiger partial charge in [-0.2, -0.15) is 0 Å². The van der Waals surface area contributed by atoms with Crippen LogP contribution in [0.5, 0.6) is 5.75 Å². The summed E-state index contributed by atoms with van der Waals surface area (Å²) in [6.45, 7) is 6.36. The number of hydrogen-bond donors (Lipinski definition) is 3. The van der Waals surface area contributed by atoms with Crippen LogP contribution in [0.3, 0.4) is 0 Å². The van der Waals surface area contributed by atoms with Gasteiger partial charge in [-0.15, -0.1) is 0 Å². The Bertz CT molecular complexity index is 892. The van der Waals surface area contributed by atoms with Gasteiger partial charge >= 0.3 is 0 Å². The van der Waals surface area contributed by atoms with Crippen molar-refractivity contribution in [2.75, 3.05) is 20.1 Å². The van der Waals surface area contributed by atoms with Crippen LogP contribution in [-0.4, -0.2) is 52.4 Å². The van der Waals surface area contributed by atoms with E-state index < -0.39 is 16.9 Å². The maximum absolute atomic E-state index is 12.3. The van der Waals surface area contributed by atoms with Crippen LogP contribution in [-0.2, 0) is 11.8 Å². The molecule has 3 aliphatic carbocycles. The molecule has 0 spiro atoms. The number of aliphatic hydroxyl groups is 1. The highest BCUT2D eigenvalue weighted by Crippen LogP contribution is 2.62. The lowest BCUT2D eigenvalue weighted by atomic mass is 9.48. The van der Waals surface area contributed by atoms with Crippen molar-refractivity contribution in [3.05, 3.63) is 41.0 Å². The second-order valence-electron chi connectivity index (χ2n) is 10.1. The van der Waals surface area contributed by atoms with Crippen LogP contribution in [0.2, 0.25) is 0 Å². The summed E-state index contributed by atoms with van der Waals surface area (Å²) in [5, 5.41) is 23.4. The highest BCUT2D eigenvalue weighted by atomic mass is 16.3. The Labute approximate surface area is 166 Å². The molecule has 0 aromatic heterocycles. The topological polar surface area (TPSA) is 83.5 Å². The monoisotopic (exact) mass is 383 g/mol. The van der Waals surface area contributed by atoms with E-state index in [9.17, 15) is 15.0 Å². The number of aromatic hydroxyl groups is 1. The Morgan fingerprint density at radius 3 is 2.79 bits per heavy atom. The average molecular weight is 384 g/mol. The lowest BCUT2D eigenvalue weighted by Crippen LogP contribution is -2.78. The van der Waals surface area contributed by atoms with Gasteiger partial charge in [0.05, 0.1) is 25.7 Å². The van der Waals surface area contributed by atoms with Gasteiger partial charge in [0, 0.05) is 29.7 Å². The van der Waals surface area contributed by atoms with E-state index in [2.05, 4.69) is 13.6 Å². The predicted octanol–water partition coefficient (Wildman–Crippen LogP) is 2.39. The first-order valence-corrected chi connectivity index (χ1v) is 10.6. The largest absolute Gasteiger partial charge is 0.507 e. The van der Waals surface area contributed by atoms with Crippen molar-refractivity contribution in [2.45, 2.75) is 62.0 Å². The minimum absolute atomic E-state index is 0.0186. The number of carbonyl (C=O) groups excluding carboxylic acids is 1. The summed E-state index contributed by atoms with van der Waals surface area (Å²) >= 11 is 0. The fourth-order valence-electron chi connectivity index (χ4n) is 6.85. The number of carbonyl (C=O) groups is 1. The van der Waals surface area contributed by atoms with E-state index in [1.54, 1.807) is 6.07 Å². The molecule has 5 rings (SSSR count). The van der Waals surface area contributed by atoms with E-state index in [1.807, 2.05) is 6.07 Å². The van der Waals surface area contributed by atoms with Gasteiger partial charge < -0.3 is 20.4 Å². The third kappa shape index (κ3) is 2.23. The van der Waals surface area contributed by atoms with Crippen LogP contribution in [0.25, 0.3) is 0 Å². The fourth-order valence-corrected chi connectivity index (χ4v) is 6.85. The van der Waals surface area contributed by atoms with E-state index in [0.717, 1.165) is 59.5 Å². The Balaban J connectivity index is 1.73. The fraction of sp³-hybridized carbons (Fsp3) is 0.609. The Morgan fingerprint density at radius 2 is 2.11 bits per heavy atom. The van der Waals surface area contributed by atoms with Crippen molar-refractivity contribution >= 4 is 5.91 Å². The van der Waals surface area contributed by atoms with Crippen LogP contribution < -0.4 is 5.73 Å². The maximum atomic E-state index is 12.3. The molecule has 1 saturated heterocycles. The molecule has 0 radical (unpaired) electrons. The maximum Gasteiger partial charge on any atom is 0.252 e. The molecule has 1 amide bonds. The molecule has 1 aromatic rings. The summed E-state index contributed by atoms with van der Waals surface area (Å²) in [5.41, 5.74) is 7.17. The molecule has 5 nitrogen and oxygen atoms in total. The minimum Gasteiger partial charge on any atom is -0.507 e. The zero-order valence-corrected chi connectivity index (χ0v) is 16.7. The third-order valence-electron chi connectivity index (χ3n) is 8.39. The van der Waals surface area contributed by atoms with E-state index >= 15 is 0 Å². The van der Waals surface area contributed by atoms with Crippen LogP contribution in [0, 0.1) is 5.92 Å². The Morgan fingerprint density at radius 1 is 1.36 bits per heavy atom. The number of rotatable bonds is 3. The molecule has 1 aliphatic heterocycles. The second kappa shape index (κ2) is 5.61. The van der Waals surface area contributed by atoms with Gasteiger partial charge in [-0.1, -0.05) is 18.2 Å². The summed E-state index contributed by atoms with van der Waals surface area (Å²) in [4.78, 5) is 11.9. The first kappa shape index (κ1) is 18.2. The van der Waals surface area contributed by atoms with Gasteiger partial charge in [0.15, 0.2) is 0 Å². The molecular formula is C23H31N2O3+. The quantitative estimate of drug-likeness (QED) is 0.554. The molecule has 3 fully saturated rings. The lowest BCUT2D eigenvalue weighted by molar-refractivity contribution is -0.950. The number of nitrogens with zero attached hydrogens (tertiary/aromatic N) is 1. The van der Waals surface area contributed by atoms with E-state index in [4.69, 9.17) is 5.73 Å². The molecule has 1 aromatic carbocycles. The van der Waals surface area contributed by atoms with Crippen molar-refractivity contribution in [2.24, 2.45) is 11.7 Å². The van der Waals surface area contributed by atoms with Crippen molar-refractivity contribution in [3.63, 3.8) is 0 Å². The molecule has 2 saturated carbocycles. The summed E-state index contributed by atoms with van der Waals surface area (Å²) < 4.78 is 0.910. The highest BCUT2D eigenvalue weighted by Gasteiger charge is 2.69. The van der Waals surface area contributed by atoms with Crippen LogP contribution in [0.1, 0.15) is 60.0 Å². The van der Waals surface area contributed by atoms with Gasteiger partial charge in [-0.3, -0.25) is 4.79 Å². The van der Waals surface area contributed by atoms with Crippen molar-refractivity contribution in [1.29, 1.82) is 0 Å². The first-order chi connectivity index (χ1) is 13.2. The number of fused-ring (bicyclic) bond motifs is 1. The molecule has 1 unspecified atom stereocenters. The number of likely N-dealkylation sites (N-methyl/N-ethyl adjacent to an activating group) is 1. The molecule has 2 bridgehead atoms. The van der Waals surface area contributed by atoms with E-state index in [-0.39, 0.29) is 17.4 Å². The van der Waals surface area contributed by atoms with Crippen molar-refractivity contribution in [1.82, 2.24) is 0 Å². The number of hydrogen-bond acceptors (Lipinski definition) is 3. The Hall–Kier alpha value is -1.85. The first-order valence-electron chi connectivity index (χ1n) is 10.6. The second-order valence-corrected chi connectivity index (χ2v) is 10.1. The zero-order chi connectivity index (χ0) is 19.9. The van der Waals surface area contributed by atoms with Crippen molar-refractivity contribution < 1.29 is 19.5 Å². The van der Waals surface area contributed by atoms with Gasteiger partial charge in [0.1, 0.15) is 17.4 Å². The zero-order valence-electron chi connectivity index (χ0n) is 16.7. The Kier molecular flexibility index (Phi) is 3.64. The SMILES string of the molecule is C=C1CCC2(O)[C@H]3Cc4ccc(C(N)=O)c(O)c4[C@@]2(CC[N@+]3(C)CC2CC2)C1. The van der Waals surface area contributed by atoms with Gasteiger partial charge in [0.25, 0.3) is 5.91 Å². The number of allylic oxidation sites excluding steroid dienone is 1. The molecule has 4 aliphatic rings. The number of primary amides is 1. The predicted molar refractivity (Wildman–Crippen MR) is 107 cm³/mol. The molecule has 28 heavy (non-hydrogen) atoms. The van der Waals surface area contributed by atoms with Crippen LogP contribution in [0.15, 0.2) is 24.3 Å². The standard InChI is InChI=1S/C23H30N2O3/c1-14-7-8-23(28)18-11-16-5-6-17(21(24)27)20(26)19(16)22(23,12-14)9-10-25(18,2)13-15-3-4-15/h5-6,15,18,28H,1,3-4,7-13H2,2H3,(H2-,24,26,27)/p+1/t18-,22-,23?,25-/m1/s1. The normalized spacial score (nSPS) is 39.2. The molecular weight excluding hydrogens is 352 g/mol.